The van der Waals surface area contributed by atoms with E-state index < -0.39 is 10.0 Å². The van der Waals surface area contributed by atoms with Crippen LogP contribution in [-0.2, 0) is 16.4 Å². The molecule has 3 rings (SSSR count). The van der Waals surface area contributed by atoms with Gasteiger partial charge in [0.2, 0.25) is 15.9 Å². The molecule has 1 fully saturated rings. The summed E-state index contributed by atoms with van der Waals surface area (Å²) in [7, 11) is -3.42. The third-order valence-electron chi connectivity index (χ3n) is 5.00. The summed E-state index contributed by atoms with van der Waals surface area (Å²) in [6.07, 6.45) is 5.53. The van der Waals surface area contributed by atoms with Crippen LogP contribution in [0.5, 0.6) is 0 Å². The van der Waals surface area contributed by atoms with Crippen molar-refractivity contribution in [2.45, 2.75) is 56.9 Å². The molecule has 0 unspecified atom stereocenters. The molecule has 1 saturated heterocycles. The Hall–Kier alpha value is -2.25. The second-order valence-corrected chi connectivity index (χ2v) is 9.59. The van der Waals surface area contributed by atoms with E-state index >= 15 is 0 Å². The highest BCUT2D eigenvalue weighted by Gasteiger charge is 2.25. The minimum atomic E-state index is -3.42. The van der Waals surface area contributed by atoms with Crippen molar-refractivity contribution < 1.29 is 13.2 Å². The van der Waals surface area contributed by atoms with Gasteiger partial charge in [0.15, 0.2) is 0 Å². The number of piperidine rings is 1. The number of nitrogens with zero attached hydrogens (tertiary/aromatic N) is 3. The number of hydrogen-bond donors (Lipinski definition) is 0. The minimum absolute atomic E-state index is 0.0324. The number of benzene rings is 1. The molecule has 0 amide bonds. The highest BCUT2D eigenvalue weighted by atomic mass is 32.2. The molecule has 29 heavy (non-hydrogen) atoms. The Kier molecular flexibility index (Phi) is 7.03. The molecule has 1 aromatic heterocycles. The first-order valence-corrected chi connectivity index (χ1v) is 11.7. The summed E-state index contributed by atoms with van der Waals surface area (Å²) in [5.74, 6) is -0.0324. The van der Waals surface area contributed by atoms with Crippen molar-refractivity contribution in [1.29, 1.82) is 0 Å². The number of pyridine rings is 1. The third kappa shape index (κ3) is 5.42. The molecule has 0 atom stereocenters. The Morgan fingerprint density at radius 2 is 1.72 bits per heavy atom. The SMILES string of the molecule is CC(C)N=c1ccccn1C(=O)CCc1ccc(S(=O)(=O)N2CCCCC2)cc1. The number of hydrogen-bond acceptors (Lipinski definition) is 4. The molecule has 0 bridgehead atoms. The van der Waals surface area contributed by atoms with Gasteiger partial charge in [0.1, 0.15) is 5.49 Å². The van der Waals surface area contributed by atoms with Gasteiger partial charge in [0, 0.05) is 31.7 Å². The molecule has 1 aliphatic rings. The molecule has 1 aromatic carbocycles. The quantitative estimate of drug-likeness (QED) is 0.727. The average Bonchev–Trinajstić information content (AvgIpc) is 2.73. The predicted molar refractivity (Wildman–Crippen MR) is 113 cm³/mol. The zero-order valence-electron chi connectivity index (χ0n) is 17.1. The van der Waals surface area contributed by atoms with Gasteiger partial charge in [-0.3, -0.25) is 14.4 Å². The second-order valence-electron chi connectivity index (χ2n) is 7.65. The van der Waals surface area contributed by atoms with Crippen LogP contribution in [0.3, 0.4) is 0 Å². The first kappa shape index (κ1) is 21.5. The smallest absolute Gasteiger partial charge is 0.243 e. The largest absolute Gasteiger partial charge is 0.274 e. The van der Waals surface area contributed by atoms with Crippen molar-refractivity contribution in [3.63, 3.8) is 0 Å². The van der Waals surface area contributed by atoms with E-state index in [1.165, 1.54) is 0 Å². The number of carbonyl (C=O) groups is 1. The lowest BCUT2D eigenvalue weighted by Gasteiger charge is -2.25. The summed E-state index contributed by atoms with van der Waals surface area (Å²) in [6, 6.07) is 12.5. The average molecular weight is 416 g/mol. The summed E-state index contributed by atoms with van der Waals surface area (Å²) in [6.45, 7) is 5.13. The standard InChI is InChI=1S/C22H29N3O3S/c1-18(2)23-21-8-4-7-17-25(21)22(26)14-11-19-9-12-20(13-10-19)29(27,28)24-15-5-3-6-16-24/h4,7-10,12-13,17-18H,3,5-6,11,14-16H2,1-2H3. The summed E-state index contributed by atoms with van der Waals surface area (Å²) in [5.41, 5.74) is 1.59. The van der Waals surface area contributed by atoms with Crippen LogP contribution in [-0.4, -0.2) is 42.3 Å². The van der Waals surface area contributed by atoms with Gasteiger partial charge in [-0.1, -0.05) is 24.6 Å². The normalized spacial score (nSPS) is 16.3. The fraction of sp³-hybridized carbons (Fsp3) is 0.455. The summed E-state index contributed by atoms with van der Waals surface area (Å²) < 4.78 is 28.6. The van der Waals surface area contributed by atoms with Gasteiger partial charge in [-0.2, -0.15) is 4.31 Å². The first-order chi connectivity index (χ1) is 13.9. The fourth-order valence-corrected chi connectivity index (χ4v) is 4.99. The summed E-state index contributed by atoms with van der Waals surface area (Å²) >= 11 is 0. The van der Waals surface area contributed by atoms with E-state index in [-0.39, 0.29) is 11.9 Å². The lowest BCUT2D eigenvalue weighted by molar-refractivity contribution is 0.0897. The topological polar surface area (TPSA) is 71.7 Å². The van der Waals surface area contributed by atoms with Crippen molar-refractivity contribution in [1.82, 2.24) is 8.87 Å². The van der Waals surface area contributed by atoms with Crippen molar-refractivity contribution in [3.8, 4) is 0 Å². The van der Waals surface area contributed by atoms with Gasteiger partial charge in [0.25, 0.3) is 0 Å². The Balaban J connectivity index is 1.67. The number of carbonyl (C=O) groups excluding carboxylic acids is 1. The van der Waals surface area contributed by atoms with Crippen LogP contribution in [0.2, 0.25) is 0 Å². The molecular formula is C22H29N3O3S. The van der Waals surface area contributed by atoms with Crippen LogP contribution in [0, 0.1) is 0 Å². The van der Waals surface area contributed by atoms with E-state index in [1.807, 2.05) is 32.0 Å². The molecule has 156 valence electrons. The van der Waals surface area contributed by atoms with Crippen LogP contribution in [0.25, 0.3) is 0 Å². The van der Waals surface area contributed by atoms with E-state index in [4.69, 9.17) is 0 Å². The summed E-state index contributed by atoms with van der Waals surface area (Å²) in [4.78, 5) is 17.5. The molecule has 2 heterocycles. The molecule has 0 saturated carbocycles. The van der Waals surface area contributed by atoms with Crippen molar-refractivity contribution in [2.75, 3.05) is 13.1 Å². The highest BCUT2D eigenvalue weighted by molar-refractivity contribution is 7.89. The van der Waals surface area contributed by atoms with Crippen LogP contribution in [0.15, 0.2) is 58.5 Å². The maximum absolute atomic E-state index is 12.7. The van der Waals surface area contributed by atoms with E-state index in [2.05, 4.69) is 4.99 Å². The maximum atomic E-state index is 12.7. The lowest BCUT2D eigenvalue weighted by atomic mass is 10.1. The van der Waals surface area contributed by atoms with E-state index in [0.29, 0.717) is 36.3 Å². The molecule has 7 heteroatoms. The molecule has 0 radical (unpaired) electrons. The monoisotopic (exact) mass is 415 g/mol. The van der Waals surface area contributed by atoms with Gasteiger partial charge in [-0.05, 0) is 62.9 Å². The van der Waals surface area contributed by atoms with Crippen LogP contribution >= 0.6 is 0 Å². The molecule has 1 aliphatic heterocycles. The molecule has 6 nitrogen and oxygen atoms in total. The van der Waals surface area contributed by atoms with Crippen molar-refractivity contribution in [2.24, 2.45) is 4.99 Å². The number of rotatable bonds is 6. The zero-order valence-corrected chi connectivity index (χ0v) is 17.9. The second kappa shape index (κ2) is 9.50. The first-order valence-electron chi connectivity index (χ1n) is 10.2. The Labute approximate surface area is 173 Å². The van der Waals surface area contributed by atoms with Crippen LogP contribution < -0.4 is 5.49 Å². The zero-order chi connectivity index (χ0) is 20.9. The molecule has 0 spiro atoms. The maximum Gasteiger partial charge on any atom is 0.243 e. The molecular weight excluding hydrogens is 386 g/mol. The molecule has 2 aromatic rings. The van der Waals surface area contributed by atoms with Gasteiger partial charge < -0.3 is 0 Å². The molecule has 0 N–H and O–H groups in total. The lowest BCUT2D eigenvalue weighted by Crippen LogP contribution is -2.35. The van der Waals surface area contributed by atoms with Crippen LogP contribution in [0.1, 0.15) is 49.9 Å². The van der Waals surface area contributed by atoms with Crippen molar-refractivity contribution >= 4 is 15.9 Å². The minimum Gasteiger partial charge on any atom is -0.274 e. The van der Waals surface area contributed by atoms with Crippen LogP contribution in [0.4, 0.5) is 0 Å². The molecule has 0 aliphatic carbocycles. The van der Waals surface area contributed by atoms with Gasteiger partial charge in [-0.25, -0.2) is 8.42 Å². The van der Waals surface area contributed by atoms with E-state index in [9.17, 15) is 13.2 Å². The van der Waals surface area contributed by atoms with Gasteiger partial charge in [-0.15, -0.1) is 0 Å². The number of aryl methyl sites for hydroxylation is 1. The Morgan fingerprint density at radius 1 is 1.03 bits per heavy atom. The Bertz CT molecular complexity index is 1000. The van der Waals surface area contributed by atoms with E-state index in [0.717, 1.165) is 24.8 Å². The van der Waals surface area contributed by atoms with Crippen molar-refractivity contribution in [3.05, 3.63) is 59.7 Å². The number of sulfonamides is 1. The fourth-order valence-electron chi connectivity index (χ4n) is 3.47. The predicted octanol–water partition coefficient (Wildman–Crippen LogP) is 3.24. The summed E-state index contributed by atoms with van der Waals surface area (Å²) in [5, 5.41) is 0. The Morgan fingerprint density at radius 3 is 2.38 bits per heavy atom. The number of aromatic nitrogens is 1. The van der Waals surface area contributed by atoms with Gasteiger partial charge in [0.05, 0.1) is 4.90 Å². The third-order valence-corrected chi connectivity index (χ3v) is 6.91. The van der Waals surface area contributed by atoms with E-state index in [1.54, 1.807) is 39.3 Å². The highest BCUT2D eigenvalue weighted by Crippen LogP contribution is 2.21. The van der Waals surface area contributed by atoms with Gasteiger partial charge >= 0.3 is 0 Å².